The Morgan fingerprint density at radius 2 is 1.83 bits per heavy atom. The quantitative estimate of drug-likeness (QED) is 0.503. The number of aliphatic imine (C=N–C) groups is 1. The molecule has 9 heteroatoms. The molecule has 0 aliphatic heterocycles. The van der Waals surface area contributed by atoms with Gasteiger partial charge in [0.2, 0.25) is 5.91 Å². The molecule has 0 saturated heterocycles. The summed E-state index contributed by atoms with van der Waals surface area (Å²) in [6.45, 7) is 5.14. The average Bonchev–Trinajstić information content (AvgIpc) is 2.67. The van der Waals surface area contributed by atoms with Gasteiger partial charge in [-0.15, -0.1) is 0 Å². The number of hydrogen-bond donors (Lipinski definition) is 3. The Morgan fingerprint density at radius 3 is 2.40 bits per heavy atom. The Hall–Kier alpha value is -3.44. The van der Waals surface area contributed by atoms with Crippen LogP contribution in [0.15, 0.2) is 41.4 Å². The van der Waals surface area contributed by atoms with Gasteiger partial charge in [-0.2, -0.15) is 10.3 Å². The first-order chi connectivity index (χ1) is 14.0. The van der Waals surface area contributed by atoms with E-state index in [1.807, 2.05) is 6.07 Å². The maximum absolute atomic E-state index is 14.9. The molecule has 0 radical (unpaired) electrons. The summed E-state index contributed by atoms with van der Waals surface area (Å²) in [5.41, 5.74) is 5.94. The number of anilines is 1. The summed E-state index contributed by atoms with van der Waals surface area (Å²) < 4.78 is 14.9. The van der Waals surface area contributed by atoms with E-state index < -0.39 is 23.1 Å². The topological polar surface area (TPSA) is 120 Å². The third-order valence-corrected chi connectivity index (χ3v) is 4.35. The minimum atomic E-state index is -0.834. The number of nitrogens with one attached hydrogen (secondary N) is 2. The van der Waals surface area contributed by atoms with Gasteiger partial charge in [-0.1, -0.05) is 38.4 Å². The molecule has 0 saturated carbocycles. The monoisotopic (exact) mass is 429 g/mol. The highest BCUT2D eigenvalue weighted by Gasteiger charge is 2.22. The number of carbonyl (C=O) groups is 2. The largest absolute Gasteiger partial charge is 0.383 e. The minimum Gasteiger partial charge on any atom is -0.383 e. The fraction of sp³-hybridized carbons (Fsp3) is 0.238. The van der Waals surface area contributed by atoms with Crippen molar-refractivity contribution in [3.8, 4) is 6.07 Å². The predicted molar refractivity (Wildman–Crippen MR) is 114 cm³/mol. The lowest BCUT2D eigenvalue weighted by Gasteiger charge is -2.18. The van der Waals surface area contributed by atoms with E-state index in [2.05, 4.69) is 15.6 Å². The van der Waals surface area contributed by atoms with Crippen molar-refractivity contribution < 1.29 is 14.0 Å². The number of amidine groups is 1. The molecule has 2 aromatic carbocycles. The molecule has 0 spiro atoms. The fourth-order valence-corrected chi connectivity index (χ4v) is 2.60. The van der Waals surface area contributed by atoms with E-state index in [0.717, 1.165) is 0 Å². The number of amides is 3. The molecule has 0 aromatic heterocycles. The van der Waals surface area contributed by atoms with Gasteiger partial charge in [0.25, 0.3) is 0 Å². The van der Waals surface area contributed by atoms with Gasteiger partial charge >= 0.3 is 6.03 Å². The predicted octanol–water partition coefficient (Wildman–Crippen LogP) is 3.95. The standard InChI is InChI=1S/C21H21ClFN5O2/c1-21(2,3)19(29)26-11-13-6-9-15(22)16(17(13)23)18(25)28-20(30)27-14-7-4-12(10-24)5-8-14/h4-9H,11H2,1-3H3,(H,26,29)(H3,25,27,28,30). The number of benzene rings is 2. The van der Waals surface area contributed by atoms with Crippen LogP contribution in [0.3, 0.4) is 0 Å². The summed E-state index contributed by atoms with van der Waals surface area (Å²) in [5, 5.41) is 13.9. The summed E-state index contributed by atoms with van der Waals surface area (Å²) >= 11 is 6.06. The van der Waals surface area contributed by atoms with Crippen molar-refractivity contribution in [2.75, 3.05) is 5.32 Å². The summed E-state index contributed by atoms with van der Waals surface area (Å²) in [5.74, 6) is -1.43. The molecule has 30 heavy (non-hydrogen) atoms. The molecule has 0 atom stereocenters. The van der Waals surface area contributed by atoms with Crippen LogP contribution in [0.1, 0.15) is 37.5 Å². The van der Waals surface area contributed by atoms with Gasteiger partial charge in [0.1, 0.15) is 11.7 Å². The van der Waals surface area contributed by atoms with E-state index in [1.54, 1.807) is 20.8 Å². The molecular weight excluding hydrogens is 409 g/mol. The zero-order valence-corrected chi connectivity index (χ0v) is 17.5. The molecule has 7 nitrogen and oxygen atoms in total. The normalized spacial score (nSPS) is 11.5. The second-order valence-electron chi connectivity index (χ2n) is 7.44. The number of carbonyl (C=O) groups excluding carboxylic acids is 2. The molecule has 156 valence electrons. The smallest absolute Gasteiger partial charge is 0.347 e. The third kappa shape index (κ3) is 5.78. The number of rotatable bonds is 4. The van der Waals surface area contributed by atoms with Crippen molar-refractivity contribution in [1.29, 1.82) is 5.26 Å². The lowest BCUT2D eigenvalue weighted by atomic mass is 9.95. The molecule has 0 aliphatic carbocycles. The molecule has 0 unspecified atom stereocenters. The number of hydrogen-bond acceptors (Lipinski definition) is 3. The number of urea groups is 1. The maximum Gasteiger partial charge on any atom is 0.347 e. The Bertz CT molecular complexity index is 1040. The number of halogens is 2. The minimum absolute atomic E-state index is 0.0224. The summed E-state index contributed by atoms with van der Waals surface area (Å²) in [6.07, 6.45) is 0. The van der Waals surface area contributed by atoms with Crippen LogP contribution in [0, 0.1) is 22.6 Å². The van der Waals surface area contributed by atoms with Gasteiger partial charge in [-0.25, -0.2) is 9.18 Å². The first kappa shape index (κ1) is 22.8. The van der Waals surface area contributed by atoms with Crippen molar-refractivity contribution in [3.63, 3.8) is 0 Å². The first-order valence-electron chi connectivity index (χ1n) is 8.93. The average molecular weight is 430 g/mol. The molecule has 3 amide bonds. The second-order valence-corrected chi connectivity index (χ2v) is 7.85. The van der Waals surface area contributed by atoms with Crippen molar-refractivity contribution in [2.45, 2.75) is 27.3 Å². The van der Waals surface area contributed by atoms with Crippen LogP contribution in [0.4, 0.5) is 14.9 Å². The molecule has 4 N–H and O–H groups in total. The van der Waals surface area contributed by atoms with Crippen LogP contribution < -0.4 is 16.4 Å². The van der Waals surface area contributed by atoms with Crippen LogP contribution in [-0.2, 0) is 11.3 Å². The highest BCUT2D eigenvalue weighted by molar-refractivity contribution is 6.34. The molecular formula is C21H21ClFN5O2. The Balaban J connectivity index is 2.21. The fourth-order valence-electron chi connectivity index (χ4n) is 2.35. The highest BCUT2D eigenvalue weighted by Crippen LogP contribution is 2.23. The van der Waals surface area contributed by atoms with Crippen LogP contribution in [0.2, 0.25) is 5.02 Å². The second kappa shape index (κ2) is 9.37. The van der Waals surface area contributed by atoms with Gasteiger partial charge in [0, 0.05) is 23.2 Å². The summed E-state index contributed by atoms with van der Waals surface area (Å²) in [7, 11) is 0. The van der Waals surface area contributed by atoms with Gasteiger partial charge in [0.05, 0.1) is 22.2 Å². The maximum atomic E-state index is 14.9. The Labute approximate surface area is 178 Å². The van der Waals surface area contributed by atoms with Gasteiger partial charge in [-0.05, 0) is 30.3 Å². The van der Waals surface area contributed by atoms with Crippen LogP contribution in [0.25, 0.3) is 0 Å². The van der Waals surface area contributed by atoms with E-state index in [4.69, 9.17) is 22.6 Å². The van der Waals surface area contributed by atoms with Crippen LogP contribution in [-0.4, -0.2) is 17.8 Å². The van der Waals surface area contributed by atoms with Crippen molar-refractivity contribution in [3.05, 3.63) is 63.9 Å². The molecule has 0 aliphatic rings. The molecule has 0 fully saturated rings. The molecule has 2 aromatic rings. The first-order valence-corrected chi connectivity index (χ1v) is 9.31. The van der Waals surface area contributed by atoms with Gasteiger partial charge < -0.3 is 16.4 Å². The number of nitrogens with two attached hydrogens (primary N) is 1. The van der Waals surface area contributed by atoms with E-state index in [9.17, 15) is 14.0 Å². The van der Waals surface area contributed by atoms with Gasteiger partial charge in [0.15, 0.2) is 0 Å². The summed E-state index contributed by atoms with van der Waals surface area (Å²) in [6, 6.07) is 10.1. The van der Waals surface area contributed by atoms with Crippen LogP contribution in [0.5, 0.6) is 0 Å². The van der Waals surface area contributed by atoms with Crippen LogP contribution >= 0.6 is 11.6 Å². The van der Waals surface area contributed by atoms with Crippen molar-refractivity contribution >= 4 is 35.1 Å². The van der Waals surface area contributed by atoms with Crippen molar-refractivity contribution in [2.24, 2.45) is 16.1 Å². The third-order valence-electron chi connectivity index (χ3n) is 4.04. The lowest BCUT2D eigenvalue weighted by molar-refractivity contribution is -0.128. The lowest BCUT2D eigenvalue weighted by Crippen LogP contribution is -2.34. The Kier molecular flexibility index (Phi) is 7.14. The molecule has 0 bridgehead atoms. The van der Waals surface area contributed by atoms with E-state index in [1.165, 1.54) is 36.4 Å². The zero-order valence-electron chi connectivity index (χ0n) is 16.7. The molecule has 0 heterocycles. The number of nitriles is 1. The Morgan fingerprint density at radius 1 is 1.20 bits per heavy atom. The SMILES string of the molecule is CC(C)(C)C(=O)NCc1ccc(Cl)c(/C(N)=N/C(=O)Nc2ccc(C#N)cc2)c1F. The zero-order chi connectivity index (χ0) is 22.5. The van der Waals surface area contributed by atoms with E-state index in [0.29, 0.717) is 11.3 Å². The summed E-state index contributed by atoms with van der Waals surface area (Å²) in [4.78, 5) is 27.8. The number of nitrogens with zero attached hydrogens (tertiary/aromatic N) is 2. The highest BCUT2D eigenvalue weighted by atomic mass is 35.5. The van der Waals surface area contributed by atoms with E-state index in [-0.39, 0.29) is 28.6 Å². The molecule has 2 rings (SSSR count). The van der Waals surface area contributed by atoms with Gasteiger partial charge in [-0.3, -0.25) is 4.79 Å². The van der Waals surface area contributed by atoms with Crippen molar-refractivity contribution in [1.82, 2.24) is 5.32 Å². The van der Waals surface area contributed by atoms with E-state index >= 15 is 0 Å².